The number of thioether (sulfide) groups is 1. The maximum Gasteiger partial charge on any atom is 0.273 e. The summed E-state index contributed by atoms with van der Waals surface area (Å²) in [7, 11) is 0. The number of amides is 1. The highest BCUT2D eigenvalue weighted by Gasteiger charge is 2.21. The van der Waals surface area contributed by atoms with Crippen molar-refractivity contribution in [2.45, 2.75) is 30.8 Å². The molecule has 0 radical (unpaired) electrons. The van der Waals surface area contributed by atoms with Gasteiger partial charge in [0.15, 0.2) is 11.0 Å². The van der Waals surface area contributed by atoms with Crippen molar-refractivity contribution in [2.24, 2.45) is 0 Å². The minimum Gasteiger partial charge on any atom is -0.333 e. The third-order valence-corrected chi connectivity index (χ3v) is 8.95. The van der Waals surface area contributed by atoms with Crippen LogP contribution in [-0.2, 0) is 18.7 Å². The summed E-state index contributed by atoms with van der Waals surface area (Å²) in [5, 5.41) is 12.5. The highest BCUT2D eigenvalue weighted by atomic mass is 32.2. The van der Waals surface area contributed by atoms with E-state index in [0.29, 0.717) is 24.5 Å². The van der Waals surface area contributed by atoms with E-state index in [1.165, 1.54) is 22.5 Å². The highest BCUT2D eigenvalue weighted by Crippen LogP contribution is 2.30. The van der Waals surface area contributed by atoms with E-state index in [1.54, 1.807) is 24.2 Å². The molecular weight excluding hydrogens is 573 g/mol. The first-order valence-electron chi connectivity index (χ1n) is 14.0. The van der Waals surface area contributed by atoms with Gasteiger partial charge in [-0.25, -0.2) is 4.98 Å². The van der Waals surface area contributed by atoms with Crippen molar-refractivity contribution < 1.29 is 4.79 Å². The molecule has 0 saturated heterocycles. The molecule has 9 heteroatoms. The number of carbonyl (C=O) groups excluding carboxylic acids is 1. The van der Waals surface area contributed by atoms with Crippen LogP contribution in [0.1, 0.15) is 32.2 Å². The maximum atomic E-state index is 13.7. The van der Waals surface area contributed by atoms with E-state index in [9.17, 15) is 4.79 Å². The lowest BCUT2D eigenvalue weighted by atomic mass is 10.1. The second-order valence-corrected chi connectivity index (χ2v) is 12.0. The van der Waals surface area contributed by atoms with Crippen LogP contribution in [0.5, 0.6) is 0 Å². The third-order valence-electron chi connectivity index (χ3n) is 6.98. The molecule has 3 aromatic carbocycles. The Morgan fingerprint density at radius 2 is 1.56 bits per heavy atom. The third kappa shape index (κ3) is 7.07. The molecule has 0 unspecified atom stereocenters. The summed E-state index contributed by atoms with van der Waals surface area (Å²) in [5.41, 5.74) is 5.87. The Hall–Kier alpha value is -4.60. The van der Waals surface area contributed by atoms with Crippen LogP contribution in [0.15, 0.2) is 120 Å². The molecule has 0 N–H and O–H groups in total. The predicted molar refractivity (Wildman–Crippen MR) is 172 cm³/mol. The topological polar surface area (TPSA) is 76.8 Å². The van der Waals surface area contributed by atoms with Crippen LogP contribution in [-0.4, -0.2) is 42.1 Å². The van der Waals surface area contributed by atoms with E-state index in [0.717, 1.165) is 39.2 Å². The monoisotopic (exact) mass is 602 g/mol. The van der Waals surface area contributed by atoms with Crippen molar-refractivity contribution >= 4 is 29.0 Å². The molecule has 0 aliphatic heterocycles. The molecule has 0 spiro atoms. The number of thiazole rings is 1. The van der Waals surface area contributed by atoms with E-state index < -0.39 is 0 Å². The van der Waals surface area contributed by atoms with Crippen molar-refractivity contribution in [1.29, 1.82) is 0 Å². The predicted octanol–water partition coefficient (Wildman–Crippen LogP) is 7.27. The minimum atomic E-state index is -0.0601. The van der Waals surface area contributed by atoms with Crippen LogP contribution in [0, 0.1) is 6.92 Å². The number of aryl methyl sites for hydroxylation is 1. The molecule has 6 rings (SSSR count). The highest BCUT2D eigenvalue weighted by molar-refractivity contribution is 7.98. The molecule has 7 nitrogen and oxygen atoms in total. The normalized spacial score (nSPS) is 11.0. The van der Waals surface area contributed by atoms with Gasteiger partial charge in [-0.3, -0.25) is 14.3 Å². The smallest absolute Gasteiger partial charge is 0.273 e. The Morgan fingerprint density at radius 3 is 2.28 bits per heavy atom. The number of hydrogen-bond donors (Lipinski definition) is 0. The first-order valence-corrected chi connectivity index (χ1v) is 15.9. The van der Waals surface area contributed by atoms with Gasteiger partial charge in [0.2, 0.25) is 0 Å². The van der Waals surface area contributed by atoms with Crippen molar-refractivity contribution in [3.05, 3.63) is 142 Å². The second kappa shape index (κ2) is 13.6. The fourth-order valence-corrected chi connectivity index (χ4v) is 6.44. The molecule has 0 fully saturated rings. The molecule has 43 heavy (non-hydrogen) atoms. The fraction of sp³-hybridized carbons (Fsp3) is 0.147. The van der Waals surface area contributed by atoms with Crippen LogP contribution >= 0.6 is 23.1 Å². The SMILES string of the molecule is Cc1ccc(-n2c(SCc3nc(C(=O)N(CCc4ccccc4)Cc4ccccc4)cs3)nnc2-c2ccncc2)cc1. The summed E-state index contributed by atoms with van der Waals surface area (Å²) in [5.74, 6) is 1.26. The van der Waals surface area contributed by atoms with Gasteiger partial charge in [-0.2, -0.15) is 0 Å². The Labute approximate surface area is 259 Å². The lowest BCUT2D eigenvalue weighted by Gasteiger charge is -2.22. The standard InChI is InChI=1S/C34H30N6OS2/c1-25-12-14-29(15-13-25)40-32(28-16-19-35-20-17-28)37-38-34(40)43-24-31-36-30(23-42-31)33(41)39(22-27-10-6-3-7-11-27)21-18-26-8-4-2-5-9-26/h2-17,19-20,23H,18,21-22,24H2,1H3. The number of hydrogen-bond acceptors (Lipinski definition) is 7. The molecule has 0 aliphatic rings. The van der Waals surface area contributed by atoms with Gasteiger partial charge in [-0.15, -0.1) is 21.5 Å². The first-order chi connectivity index (χ1) is 21.1. The van der Waals surface area contributed by atoms with Crippen molar-refractivity contribution in [2.75, 3.05) is 6.54 Å². The van der Waals surface area contributed by atoms with Crippen LogP contribution in [0.3, 0.4) is 0 Å². The zero-order valence-corrected chi connectivity index (χ0v) is 25.3. The minimum absolute atomic E-state index is 0.0601. The molecule has 1 amide bonds. The summed E-state index contributed by atoms with van der Waals surface area (Å²) in [6, 6.07) is 32.5. The zero-order chi connectivity index (χ0) is 29.4. The van der Waals surface area contributed by atoms with Gasteiger partial charge < -0.3 is 4.90 Å². The van der Waals surface area contributed by atoms with Crippen LogP contribution in [0.25, 0.3) is 17.1 Å². The average molecular weight is 603 g/mol. The van der Waals surface area contributed by atoms with E-state index in [2.05, 4.69) is 75.2 Å². The summed E-state index contributed by atoms with van der Waals surface area (Å²) < 4.78 is 2.06. The Kier molecular flexibility index (Phi) is 9.01. The van der Waals surface area contributed by atoms with E-state index >= 15 is 0 Å². The van der Waals surface area contributed by atoms with Gasteiger partial charge in [-0.05, 0) is 48.7 Å². The molecule has 3 heterocycles. The fourth-order valence-electron chi connectivity index (χ4n) is 4.71. The summed E-state index contributed by atoms with van der Waals surface area (Å²) in [6.45, 7) is 3.21. The van der Waals surface area contributed by atoms with Gasteiger partial charge in [-0.1, -0.05) is 90.1 Å². The molecule has 3 aromatic heterocycles. The Balaban J connectivity index is 1.20. The average Bonchev–Trinajstić information content (AvgIpc) is 3.71. The second-order valence-electron chi connectivity index (χ2n) is 10.1. The maximum absolute atomic E-state index is 13.7. The van der Waals surface area contributed by atoms with E-state index in [1.807, 2.05) is 58.8 Å². The first kappa shape index (κ1) is 28.5. The summed E-state index contributed by atoms with van der Waals surface area (Å²) in [4.78, 5) is 24.5. The van der Waals surface area contributed by atoms with E-state index in [-0.39, 0.29) is 5.91 Å². The lowest BCUT2D eigenvalue weighted by molar-refractivity contribution is 0.0740. The number of carbonyl (C=O) groups is 1. The van der Waals surface area contributed by atoms with Gasteiger partial charge in [0.25, 0.3) is 5.91 Å². The molecular formula is C34H30N6OS2. The summed E-state index contributed by atoms with van der Waals surface area (Å²) in [6.07, 6.45) is 4.29. The van der Waals surface area contributed by atoms with Crippen molar-refractivity contribution in [3.8, 4) is 17.1 Å². The van der Waals surface area contributed by atoms with Crippen molar-refractivity contribution in [1.82, 2.24) is 29.6 Å². The van der Waals surface area contributed by atoms with Gasteiger partial charge in [0.1, 0.15) is 10.7 Å². The quantitative estimate of drug-likeness (QED) is 0.145. The molecule has 0 aliphatic carbocycles. The van der Waals surface area contributed by atoms with Gasteiger partial charge in [0.05, 0.1) is 5.75 Å². The number of benzene rings is 3. The van der Waals surface area contributed by atoms with Crippen LogP contribution in [0.2, 0.25) is 0 Å². The number of pyridine rings is 1. The van der Waals surface area contributed by atoms with E-state index in [4.69, 9.17) is 4.98 Å². The number of aromatic nitrogens is 5. The Morgan fingerprint density at radius 1 is 0.860 bits per heavy atom. The zero-order valence-electron chi connectivity index (χ0n) is 23.7. The molecule has 214 valence electrons. The van der Waals surface area contributed by atoms with Crippen LogP contribution < -0.4 is 0 Å². The van der Waals surface area contributed by atoms with Crippen LogP contribution in [0.4, 0.5) is 0 Å². The number of nitrogens with zero attached hydrogens (tertiary/aromatic N) is 6. The van der Waals surface area contributed by atoms with Gasteiger partial charge in [0, 0.05) is 42.1 Å². The molecule has 0 saturated carbocycles. The van der Waals surface area contributed by atoms with Gasteiger partial charge >= 0.3 is 0 Å². The molecule has 0 atom stereocenters. The van der Waals surface area contributed by atoms with Crippen molar-refractivity contribution in [3.63, 3.8) is 0 Å². The number of rotatable bonds is 11. The Bertz CT molecular complexity index is 1770. The molecule has 6 aromatic rings. The molecule has 0 bridgehead atoms. The largest absolute Gasteiger partial charge is 0.333 e. The lowest BCUT2D eigenvalue weighted by Crippen LogP contribution is -2.32. The summed E-state index contributed by atoms with van der Waals surface area (Å²) >= 11 is 3.05.